The van der Waals surface area contributed by atoms with Gasteiger partial charge in [-0.1, -0.05) is 41.9 Å². The van der Waals surface area contributed by atoms with Gasteiger partial charge in [-0.2, -0.15) is 0 Å². The van der Waals surface area contributed by atoms with Crippen LogP contribution in [0.1, 0.15) is 43.0 Å². The van der Waals surface area contributed by atoms with Crippen molar-refractivity contribution in [2.75, 3.05) is 47.0 Å². The second kappa shape index (κ2) is 12.4. The minimum atomic E-state index is -0.489. The van der Waals surface area contributed by atoms with Crippen molar-refractivity contribution >= 4 is 23.4 Å². The Morgan fingerprint density at radius 3 is 2.19 bits per heavy atom. The van der Waals surface area contributed by atoms with E-state index < -0.39 is 5.82 Å². The van der Waals surface area contributed by atoms with Crippen molar-refractivity contribution in [1.29, 1.82) is 0 Å². The fourth-order valence-electron chi connectivity index (χ4n) is 8.55. The number of halogens is 2. The minimum absolute atomic E-state index is 0.0767. The van der Waals surface area contributed by atoms with E-state index in [0.29, 0.717) is 82.3 Å². The molecule has 7 heterocycles. The molecule has 0 bridgehead atoms. The topological polar surface area (TPSA) is 131 Å². The molecule has 1 unspecified atom stereocenters. The number of pyridine rings is 1. The van der Waals surface area contributed by atoms with Gasteiger partial charge in [0.05, 0.1) is 59.5 Å². The molecule has 2 spiro atoms. The smallest absolute Gasteiger partial charge is 0.237 e. The standard InChI is InChI=1S/C38H37ClFN7O5/c1-50-35-27(15-46-17-37(18-46)11-9-30(48)44-37)41-14-26(43-35)23-7-3-5-21(33(23)39)22-6-4-8-24(34(22)40)25-13-29-32(36(42-25)51-2)28(16-52-29)47-19-38(20-47)12-10-31(49)45-38/h3-8,13-14,28H,9-12,15-20H2,1-2H3,(H,44,48)(H,45,49). The third-order valence-corrected chi connectivity index (χ3v) is 11.5. The van der Waals surface area contributed by atoms with Gasteiger partial charge in [0.1, 0.15) is 23.9 Å². The van der Waals surface area contributed by atoms with Crippen molar-refractivity contribution < 1.29 is 28.2 Å². The number of rotatable bonds is 8. The molecule has 4 saturated heterocycles. The molecule has 2 aromatic heterocycles. The van der Waals surface area contributed by atoms with Crippen molar-refractivity contribution in [3.8, 4) is 51.2 Å². The predicted octanol–water partition coefficient (Wildman–Crippen LogP) is 4.54. The Hall–Kier alpha value is -4.85. The molecular formula is C38H37ClFN7O5. The summed E-state index contributed by atoms with van der Waals surface area (Å²) in [6.07, 6.45) is 4.45. The summed E-state index contributed by atoms with van der Waals surface area (Å²) in [5.74, 6) is 1.07. The highest BCUT2D eigenvalue weighted by atomic mass is 35.5. The van der Waals surface area contributed by atoms with Gasteiger partial charge in [-0.25, -0.2) is 14.4 Å². The van der Waals surface area contributed by atoms with Crippen molar-refractivity contribution in [1.82, 2.24) is 35.4 Å². The quantitative estimate of drug-likeness (QED) is 0.267. The van der Waals surface area contributed by atoms with Crippen LogP contribution in [-0.2, 0) is 16.1 Å². The van der Waals surface area contributed by atoms with E-state index in [-0.39, 0.29) is 34.5 Å². The summed E-state index contributed by atoms with van der Waals surface area (Å²) in [6, 6.07) is 12.2. The van der Waals surface area contributed by atoms with Gasteiger partial charge in [0.2, 0.25) is 23.6 Å². The molecule has 1 atom stereocenters. The Kier molecular flexibility index (Phi) is 7.86. The molecule has 9 rings (SSSR count). The number of likely N-dealkylation sites (tertiary alicyclic amines) is 2. The first kappa shape index (κ1) is 33.0. The lowest BCUT2D eigenvalue weighted by Crippen LogP contribution is -2.67. The van der Waals surface area contributed by atoms with Crippen LogP contribution in [-0.4, -0.2) is 94.6 Å². The first-order valence-corrected chi connectivity index (χ1v) is 17.8. The maximum Gasteiger partial charge on any atom is 0.237 e. The second-order valence-corrected chi connectivity index (χ2v) is 14.9. The summed E-state index contributed by atoms with van der Waals surface area (Å²) in [5, 5.41) is 6.55. The maximum absolute atomic E-state index is 16.6. The van der Waals surface area contributed by atoms with E-state index in [4.69, 9.17) is 35.8 Å². The van der Waals surface area contributed by atoms with E-state index in [2.05, 4.69) is 25.4 Å². The average Bonchev–Trinajstić information content (AvgIpc) is 3.84. The molecule has 268 valence electrons. The third kappa shape index (κ3) is 5.44. The Morgan fingerprint density at radius 2 is 1.52 bits per heavy atom. The molecule has 0 aliphatic carbocycles. The molecule has 52 heavy (non-hydrogen) atoms. The number of ether oxygens (including phenoxy) is 3. The highest BCUT2D eigenvalue weighted by Gasteiger charge is 2.52. The van der Waals surface area contributed by atoms with E-state index in [1.165, 1.54) is 0 Å². The van der Waals surface area contributed by atoms with E-state index in [0.717, 1.165) is 44.6 Å². The van der Waals surface area contributed by atoms with Crippen LogP contribution in [0.4, 0.5) is 4.39 Å². The average molecular weight is 726 g/mol. The van der Waals surface area contributed by atoms with E-state index in [9.17, 15) is 9.59 Å². The zero-order chi connectivity index (χ0) is 35.8. The van der Waals surface area contributed by atoms with Crippen molar-refractivity contribution in [2.24, 2.45) is 0 Å². The van der Waals surface area contributed by atoms with Crippen molar-refractivity contribution in [3.63, 3.8) is 0 Å². The van der Waals surface area contributed by atoms with Crippen LogP contribution in [0.5, 0.6) is 17.5 Å². The zero-order valence-electron chi connectivity index (χ0n) is 28.8. The third-order valence-electron chi connectivity index (χ3n) is 11.1. The van der Waals surface area contributed by atoms with Gasteiger partial charge < -0.3 is 24.8 Å². The number of fused-ring (bicyclic) bond motifs is 1. The summed E-state index contributed by atoms with van der Waals surface area (Å²) in [5.41, 5.74) is 3.73. The largest absolute Gasteiger partial charge is 0.491 e. The molecule has 14 heteroatoms. The fraction of sp³-hybridized carbons (Fsp3) is 0.395. The van der Waals surface area contributed by atoms with Gasteiger partial charge in [0.25, 0.3) is 0 Å². The number of methoxy groups -OCH3 is 2. The molecule has 12 nitrogen and oxygen atoms in total. The number of carbonyl (C=O) groups is 2. The summed E-state index contributed by atoms with van der Waals surface area (Å²) >= 11 is 7.02. The summed E-state index contributed by atoms with van der Waals surface area (Å²) in [6.45, 7) is 3.93. The first-order valence-electron chi connectivity index (χ1n) is 17.5. The molecule has 5 aliphatic rings. The number of nitrogens with one attached hydrogen (secondary N) is 2. The second-order valence-electron chi connectivity index (χ2n) is 14.5. The molecule has 4 fully saturated rings. The Labute approximate surface area is 304 Å². The monoisotopic (exact) mass is 725 g/mol. The number of nitrogens with zero attached hydrogens (tertiary/aromatic N) is 5. The van der Waals surface area contributed by atoms with Crippen LogP contribution in [0.15, 0.2) is 48.7 Å². The number of hydrogen-bond acceptors (Lipinski definition) is 10. The van der Waals surface area contributed by atoms with Crippen LogP contribution in [0, 0.1) is 5.82 Å². The Bertz CT molecular complexity index is 2140. The number of hydrogen-bond donors (Lipinski definition) is 2. The van der Waals surface area contributed by atoms with Crippen LogP contribution >= 0.6 is 11.6 Å². The van der Waals surface area contributed by atoms with Crippen LogP contribution in [0.2, 0.25) is 5.02 Å². The summed E-state index contributed by atoms with van der Waals surface area (Å²) in [4.78, 5) is 42.3. The number of carbonyl (C=O) groups excluding carboxylic acids is 2. The molecule has 2 amide bonds. The van der Waals surface area contributed by atoms with Gasteiger partial charge in [-0.3, -0.25) is 24.4 Å². The first-order chi connectivity index (χ1) is 25.2. The van der Waals surface area contributed by atoms with Crippen LogP contribution < -0.4 is 24.8 Å². The van der Waals surface area contributed by atoms with Crippen molar-refractivity contribution in [2.45, 2.75) is 49.3 Å². The molecule has 2 aromatic carbocycles. The van der Waals surface area contributed by atoms with Crippen LogP contribution in [0.25, 0.3) is 33.6 Å². The molecule has 0 saturated carbocycles. The molecule has 4 aromatic rings. The molecule has 5 aliphatic heterocycles. The number of benzene rings is 2. The SMILES string of the molecule is COc1nc(-c2cccc(-c3cccc(-c4cc5c(c(OC)n4)C(N4CC6(CCC(=O)N6)C4)CO5)c3F)c2Cl)cnc1CN1CC2(CCC(=O)N2)C1. The lowest BCUT2D eigenvalue weighted by Gasteiger charge is -2.50. The number of amides is 2. The van der Waals surface area contributed by atoms with Gasteiger partial charge in [-0.05, 0) is 18.9 Å². The van der Waals surface area contributed by atoms with E-state index in [1.54, 1.807) is 50.7 Å². The molecular weight excluding hydrogens is 689 g/mol. The van der Waals surface area contributed by atoms with Gasteiger partial charge in [0.15, 0.2) is 0 Å². The van der Waals surface area contributed by atoms with Crippen molar-refractivity contribution in [3.05, 3.63) is 70.8 Å². The van der Waals surface area contributed by atoms with E-state index >= 15 is 4.39 Å². The highest BCUT2D eigenvalue weighted by Crippen LogP contribution is 2.48. The Morgan fingerprint density at radius 1 is 0.885 bits per heavy atom. The van der Waals surface area contributed by atoms with Gasteiger partial charge in [-0.15, -0.1) is 0 Å². The molecule has 0 radical (unpaired) electrons. The Balaban J connectivity index is 0.973. The zero-order valence-corrected chi connectivity index (χ0v) is 29.6. The summed E-state index contributed by atoms with van der Waals surface area (Å²) in [7, 11) is 3.10. The summed E-state index contributed by atoms with van der Waals surface area (Å²) < 4.78 is 34.1. The lowest BCUT2D eigenvalue weighted by atomic mass is 9.86. The molecule has 2 N–H and O–H groups in total. The van der Waals surface area contributed by atoms with E-state index in [1.807, 2.05) is 12.1 Å². The highest BCUT2D eigenvalue weighted by molar-refractivity contribution is 6.36. The van der Waals surface area contributed by atoms with Gasteiger partial charge >= 0.3 is 0 Å². The normalized spacial score (nSPS) is 21.3. The predicted molar refractivity (Wildman–Crippen MR) is 190 cm³/mol. The lowest BCUT2D eigenvalue weighted by molar-refractivity contribution is -0.121. The minimum Gasteiger partial charge on any atom is -0.491 e. The number of aromatic nitrogens is 3. The fourth-order valence-corrected chi connectivity index (χ4v) is 8.87. The van der Waals surface area contributed by atoms with Gasteiger partial charge in [0, 0.05) is 73.9 Å². The maximum atomic E-state index is 16.6. The van der Waals surface area contributed by atoms with Crippen LogP contribution in [0.3, 0.4) is 0 Å².